The van der Waals surface area contributed by atoms with Gasteiger partial charge in [-0.1, -0.05) is 49.4 Å². The van der Waals surface area contributed by atoms with Gasteiger partial charge >= 0.3 is 6.09 Å². The van der Waals surface area contributed by atoms with Crippen LogP contribution in [0.4, 0.5) is 4.79 Å². The van der Waals surface area contributed by atoms with Crippen LogP contribution in [0.25, 0.3) is 11.5 Å². The second-order valence-corrected chi connectivity index (χ2v) is 9.77. The molecular weight excluding hydrogens is 476 g/mol. The molecule has 1 saturated carbocycles. The first-order valence-corrected chi connectivity index (χ1v) is 13.4. The molecule has 1 aliphatic rings. The third-order valence-corrected chi connectivity index (χ3v) is 6.68. The fraction of sp³-hybridized carbons (Fsp3) is 0.312. The molecule has 4 aromatic rings. The summed E-state index contributed by atoms with van der Waals surface area (Å²) in [4.78, 5) is 19.3. The summed E-state index contributed by atoms with van der Waals surface area (Å²) in [7, 11) is 0. The molecule has 196 valence electrons. The Kier molecular flexibility index (Phi) is 8.07. The maximum Gasteiger partial charge on any atom is 0.415 e. The summed E-state index contributed by atoms with van der Waals surface area (Å²) in [6.07, 6.45) is 3.62. The van der Waals surface area contributed by atoms with Crippen molar-refractivity contribution in [2.24, 2.45) is 0 Å². The van der Waals surface area contributed by atoms with Crippen molar-refractivity contribution in [3.8, 4) is 23.0 Å². The Morgan fingerprint density at radius 1 is 1.00 bits per heavy atom. The van der Waals surface area contributed by atoms with Gasteiger partial charge in [-0.25, -0.2) is 9.78 Å². The number of oxazole rings is 1. The first-order valence-electron chi connectivity index (χ1n) is 13.4. The van der Waals surface area contributed by atoms with Crippen molar-refractivity contribution in [1.82, 2.24) is 9.88 Å². The van der Waals surface area contributed by atoms with Crippen LogP contribution < -0.4 is 9.47 Å². The van der Waals surface area contributed by atoms with Crippen molar-refractivity contribution in [3.63, 3.8) is 0 Å². The Morgan fingerprint density at radius 3 is 2.53 bits per heavy atom. The zero-order chi connectivity index (χ0) is 26.3. The van der Waals surface area contributed by atoms with E-state index in [-0.39, 0.29) is 6.09 Å². The van der Waals surface area contributed by atoms with Crippen molar-refractivity contribution in [3.05, 3.63) is 101 Å². The molecule has 0 atom stereocenters. The van der Waals surface area contributed by atoms with E-state index in [1.807, 2.05) is 79.7 Å². The van der Waals surface area contributed by atoms with Gasteiger partial charge in [0.25, 0.3) is 0 Å². The van der Waals surface area contributed by atoms with E-state index < -0.39 is 0 Å². The summed E-state index contributed by atoms with van der Waals surface area (Å²) in [6, 6.07) is 25.7. The van der Waals surface area contributed by atoms with E-state index in [9.17, 15) is 4.79 Å². The number of hydrogen-bond acceptors (Lipinski definition) is 5. The summed E-state index contributed by atoms with van der Waals surface area (Å²) in [5.74, 6) is 3.45. The minimum absolute atomic E-state index is 0.321. The fourth-order valence-electron chi connectivity index (χ4n) is 4.46. The van der Waals surface area contributed by atoms with Crippen LogP contribution in [0.3, 0.4) is 0 Å². The highest BCUT2D eigenvalue weighted by atomic mass is 16.6. The van der Waals surface area contributed by atoms with Gasteiger partial charge < -0.3 is 18.8 Å². The minimum atomic E-state index is -0.321. The number of benzene rings is 3. The van der Waals surface area contributed by atoms with E-state index in [1.54, 1.807) is 4.90 Å². The van der Waals surface area contributed by atoms with Crippen molar-refractivity contribution < 1.29 is 18.7 Å². The molecular formula is C32H34N2O4. The summed E-state index contributed by atoms with van der Waals surface area (Å²) in [5.41, 5.74) is 4.14. The lowest BCUT2D eigenvalue weighted by molar-refractivity contribution is 0.149. The lowest BCUT2D eigenvalue weighted by Gasteiger charge is -2.22. The molecule has 0 spiro atoms. The van der Waals surface area contributed by atoms with Crippen LogP contribution in [0.15, 0.2) is 83.3 Å². The second kappa shape index (κ2) is 12.0. The number of carbonyl (C=O) groups is 1. The molecule has 0 aliphatic heterocycles. The summed E-state index contributed by atoms with van der Waals surface area (Å²) >= 11 is 0. The molecule has 0 radical (unpaired) electrons. The Balaban J connectivity index is 1.13. The predicted molar refractivity (Wildman–Crippen MR) is 147 cm³/mol. The molecule has 0 unspecified atom stereocenters. The van der Waals surface area contributed by atoms with Gasteiger partial charge in [-0.3, -0.25) is 0 Å². The lowest BCUT2D eigenvalue weighted by Crippen LogP contribution is -2.33. The molecule has 1 heterocycles. The number of carbonyl (C=O) groups excluding carboxylic acids is 1. The SMILES string of the molecule is CCCN(Cc1ccc(OCCc2nc(-c3ccccc3)oc2C)cc1)C(=O)Oc1cccc(C2CC2)c1. The van der Waals surface area contributed by atoms with Crippen LogP contribution in [-0.4, -0.2) is 29.1 Å². The van der Waals surface area contributed by atoms with Crippen LogP contribution >= 0.6 is 0 Å². The number of hydrogen-bond donors (Lipinski definition) is 0. The van der Waals surface area contributed by atoms with E-state index >= 15 is 0 Å². The van der Waals surface area contributed by atoms with Gasteiger partial charge in [-0.15, -0.1) is 0 Å². The smallest absolute Gasteiger partial charge is 0.415 e. The molecule has 1 aromatic heterocycles. The Morgan fingerprint density at radius 2 is 1.79 bits per heavy atom. The van der Waals surface area contributed by atoms with Crippen molar-refractivity contribution in [2.45, 2.75) is 52.0 Å². The third-order valence-electron chi connectivity index (χ3n) is 6.68. The molecule has 0 N–H and O–H groups in total. The van der Waals surface area contributed by atoms with Crippen LogP contribution in [0, 0.1) is 6.92 Å². The second-order valence-electron chi connectivity index (χ2n) is 9.77. The Labute approximate surface area is 224 Å². The molecule has 6 nitrogen and oxygen atoms in total. The molecule has 6 heteroatoms. The van der Waals surface area contributed by atoms with E-state index in [1.165, 1.54) is 18.4 Å². The largest absolute Gasteiger partial charge is 0.493 e. The van der Waals surface area contributed by atoms with Crippen LogP contribution in [-0.2, 0) is 13.0 Å². The van der Waals surface area contributed by atoms with Gasteiger partial charge in [0.05, 0.1) is 12.3 Å². The molecule has 5 rings (SSSR count). The molecule has 38 heavy (non-hydrogen) atoms. The van der Waals surface area contributed by atoms with Gasteiger partial charge in [0.2, 0.25) is 5.89 Å². The fourth-order valence-corrected chi connectivity index (χ4v) is 4.46. The average Bonchev–Trinajstić information content (AvgIpc) is 3.73. The zero-order valence-electron chi connectivity index (χ0n) is 22.1. The number of aryl methyl sites for hydroxylation is 1. The minimum Gasteiger partial charge on any atom is -0.493 e. The maximum atomic E-state index is 12.9. The highest BCUT2D eigenvalue weighted by molar-refractivity contribution is 5.70. The summed E-state index contributed by atoms with van der Waals surface area (Å²) < 4.78 is 17.5. The van der Waals surface area contributed by atoms with Gasteiger partial charge in [-0.2, -0.15) is 0 Å². The van der Waals surface area contributed by atoms with E-state index in [0.29, 0.717) is 43.7 Å². The van der Waals surface area contributed by atoms with Crippen molar-refractivity contribution in [1.29, 1.82) is 0 Å². The normalized spacial score (nSPS) is 12.8. The van der Waals surface area contributed by atoms with Gasteiger partial charge in [-0.05, 0) is 79.6 Å². The first kappa shape index (κ1) is 25.6. The predicted octanol–water partition coefficient (Wildman–Crippen LogP) is 7.56. The molecule has 0 saturated heterocycles. The van der Waals surface area contributed by atoms with Crippen LogP contribution in [0.2, 0.25) is 0 Å². The molecule has 1 amide bonds. The summed E-state index contributed by atoms with van der Waals surface area (Å²) in [6.45, 7) is 5.59. The van der Waals surface area contributed by atoms with E-state index in [2.05, 4.69) is 18.0 Å². The first-order chi connectivity index (χ1) is 18.6. The molecule has 3 aromatic carbocycles. The molecule has 1 fully saturated rings. The van der Waals surface area contributed by atoms with Gasteiger partial charge in [0.15, 0.2) is 0 Å². The molecule has 0 bridgehead atoms. The molecule has 1 aliphatic carbocycles. The third kappa shape index (κ3) is 6.62. The number of rotatable bonds is 11. The Hall–Kier alpha value is -4.06. The quantitative estimate of drug-likeness (QED) is 0.208. The monoisotopic (exact) mass is 510 g/mol. The van der Waals surface area contributed by atoms with Crippen LogP contribution in [0.1, 0.15) is 54.7 Å². The standard InChI is InChI=1S/C32H34N2O4/c1-3-19-34(32(35)38-29-11-7-10-27(21-29)25-14-15-25)22-24-12-16-28(17-13-24)36-20-18-30-23(2)37-31(33-30)26-8-5-4-6-9-26/h4-13,16-17,21,25H,3,14-15,18-20,22H2,1-2H3. The van der Waals surface area contributed by atoms with E-state index in [0.717, 1.165) is 34.8 Å². The van der Waals surface area contributed by atoms with Gasteiger partial charge in [0.1, 0.15) is 17.3 Å². The summed E-state index contributed by atoms with van der Waals surface area (Å²) in [5, 5.41) is 0. The highest BCUT2D eigenvalue weighted by Gasteiger charge is 2.24. The number of nitrogens with zero attached hydrogens (tertiary/aromatic N) is 2. The van der Waals surface area contributed by atoms with Crippen LogP contribution in [0.5, 0.6) is 11.5 Å². The van der Waals surface area contributed by atoms with Crippen molar-refractivity contribution in [2.75, 3.05) is 13.2 Å². The lowest BCUT2D eigenvalue weighted by atomic mass is 10.1. The number of amides is 1. The maximum absolute atomic E-state index is 12.9. The van der Waals surface area contributed by atoms with Gasteiger partial charge in [0, 0.05) is 25.1 Å². The number of aromatic nitrogens is 1. The Bertz CT molecular complexity index is 1340. The number of ether oxygens (including phenoxy) is 2. The van der Waals surface area contributed by atoms with E-state index in [4.69, 9.17) is 13.9 Å². The highest BCUT2D eigenvalue weighted by Crippen LogP contribution is 2.41. The van der Waals surface area contributed by atoms with Crippen molar-refractivity contribution >= 4 is 6.09 Å². The zero-order valence-corrected chi connectivity index (χ0v) is 22.1. The average molecular weight is 511 g/mol. The topological polar surface area (TPSA) is 64.8 Å².